The van der Waals surface area contributed by atoms with Crippen molar-refractivity contribution in [2.45, 2.75) is 38.6 Å². The van der Waals surface area contributed by atoms with E-state index in [2.05, 4.69) is 29.9 Å². The second-order valence-electron chi connectivity index (χ2n) is 5.15. The Hall–Kier alpha value is -1.35. The van der Waals surface area contributed by atoms with Crippen LogP contribution in [0.2, 0.25) is 0 Å². The molecule has 1 aliphatic rings. The largest absolute Gasteiger partial charge is 0.355 e. The van der Waals surface area contributed by atoms with Crippen LogP contribution in [0, 0.1) is 0 Å². The van der Waals surface area contributed by atoms with E-state index in [4.69, 9.17) is 0 Å². The van der Waals surface area contributed by atoms with Gasteiger partial charge in [-0.25, -0.2) is 0 Å². The number of amides is 1. The molecule has 0 aliphatic heterocycles. The summed E-state index contributed by atoms with van der Waals surface area (Å²) in [6, 6.07) is 0.713. The second-order valence-corrected chi connectivity index (χ2v) is 5.15. The minimum Gasteiger partial charge on any atom is -0.355 e. The van der Waals surface area contributed by atoms with Crippen molar-refractivity contribution in [1.82, 2.24) is 10.2 Å². The summed E-state index contributed by atoms with van der Waals surface area (Å²) in [5.41, 5.74) is 1.71. The summed E-state index contributed by atoms with van der Waals surface area (Å²) < 4.78 is 0. The summed E-state index contributed by atoms with van der Waals surface area (Å²) in [5.74, 6) is -0.129. The summed E-state index contributed by atoms with van der Waals surface area (Å²) in [5, 5.41) is 2.57. The molecule has 3 nitrogen and oxygen atoms in total. The number of likely N-dealkylation sites (N-methyl/N-ethyl adjacent to an activating group) is 2. The molecule has 1 aliphatic carbocycles. The molecule has 19 heavy (non-hydrogen) atoms. The molecule has 106 valence electrons. The van der Waals surface area contributed by atoms with Crippen molar-refractivity contribution in [3.05, 3.63) is 36.0 Å². The summed E-state index contributed by atoms with van der Waals surface area (Å²) in [7, 11) is 3.80. The van der Waals surface area contributed by atoms with Gasteiger partial charge in [-0.15, -0.1) is 0 Å². The van der Waals surface area contributed by atoms with Crippen LogP contribution in [0.1, 0.15) is 32.6 Å². The van der Waals surface area contributed by atoms with Gasteiger partial charge in [-0.3, -0.25) is 9.69 Å². The van der Waals surface area contributed by atoms with E-state index in [0.717, 1.165) is 6.54 Å². The van der Waals surface area contributed by atoms with Crippen molar-refractivity contribution < 1.29 is 4.79 Å². The Labute approximate surface area is 117 Å². The lowest BCUT2D eigenvalue weighted by Gasteiger charge is -2.24. The Balaban J connectivity index is 2.52. The lowest BCUT2D eigenvalue weighted by Crippen LogP contribution is -2.30. The maximum atomic E-state index is 11.4. The van der Waals surface area contributed by atoms with Crippen LogP contribution in [-0.2, 0) is 4.79 Å². The lowest BCUT2D eigenvalue weighted by molar-refractivity contribution is -0.116. The van der Waals surface area contributed by atoms with E-state index in [0.29, 0.717) is 11.6 Å². The van der Waals surface area contributed by atoms with Crippen molar-refractivity contribution in [3.63, 3.8) is 0 Å². The van der Waals surface area contributed by atoms with Crippen LogP contribution in [0.4, 0.5) is 0 Å². The van der Waals surface area contributed by atoms with Gasteiger partial charge in [0.05, 0.1) is 0 Å². The normalized spacial score (nSPS) is 17.4. The molecule has 0 bridgehead atoms. The Kier molecular flexibility index (Phi) is 6.57. The van der Waals surface area contributed by atoms with E-state index < -0.39 is 0 Å². The van der Waals surface area contributed by atoms with Crippen LogP contribution in [-0.4, -0.2) is 37.5 Å². The Morgan fingerprint density at radius 1 is 1.37 bits per heavy atom. The fraction of sp³-hybridized carbons (Fsp3) is 0.562. The summed E-state index contributed by atoms with van der Waals surface area (Å²) in [6.45, 7) is 6.71. The molecule has 0 spiro atoms. The predicted molar refractivity (Wildman–Crippen MR) is 81.0 cm³/mol. The molecule has 0 aromatic rings. The molecule has 0 unspecified atom stereocenters. The standard InChI is InChI=1S/C16H26N2O/c1-5-14(11-10-13(2)16(19)17-3)12-18(4)15-8-6-7-9-15/h5,10-11,15H,2,6-9,12H2,1,3-4H3,(H,17,19)/b11-10-,14-5+. The molecule has 0 aromatic heterocycles. The molecule has 1 N–H and O–H groups in total. The van der Waals surface area contributed by atoms with Crippen LogP contribution >= 0.6 is 0 Å². The van der Waals surface area contributed by atoms with E-state index in [1.807, 2.05) is 13.0 Å². The van der Waals surface area contributed by atoms with Crippen molar-refractivity contribution in [3.8, 4) is 0 Å². The summed E-state index contributed by atoms with van der Waals surface area (Å²) in [4.78, 5) is 13.8. The number of allylic oxidation sites excluding steroid dienone is 1. The summed E-state index contributed by atoms with van der Waals surface area (Å²) in [6.07, 6.45) is 11.2. The van der Waals surface area contributed by atoms with Crippen molar-refractivity contribution in [1.29, 1.82) is 0 Å². The second kappa shape index (κ2) is 7.95. The van der Waals surface area contributed by atoms with E-state index in [1.165, 1.54) is 31.3 Å². The SMILES string of the molecule is C=C(/C=C\C(=C/C)CN(C)C1CCCC1)C(=O)NC. The minimum absolute atomic E-state index is 0.129. The van der Waals surface area contributed by atoms with Crippen LogP contribution in [0.15, 0.2) is 36.0 Å². The van der Waals surface area contributed by atoms with Gasteiger partial charge in [-0.05, 0) is 38.5 Å². The van der Waals surface area contributed by atoms with Crippen molar-refractivity contribution in [2.24, 2.45) is 0 Å². The number of hydrogen-bond acceptors (Lipinski definition) is 2. The molecule has 1 rings (SSSR count). The van der Waals surface area contributed by atoms with Crippen LogP contribution in [0.3, 0.4) is 0 Å². The first-order chi connectivity index (χ1) is 9.08. The van der Waals surface area contributed by atoms with Crippen LogP contribution in [0.5, 0.6) is 0 Å². The highest BCUT2D eigenvalue weighted by molar-refractivity contribution is 5.95. The molecule has 0 aromatic carbocycles. The number of nitrogens with one attached hydrogen (secondary N) is 1. The first-order valence-corrected chi connectivity index (χ1v) is 7.03. The highest BCUT2D eigenvalue weighted by Crippen LogP contribution is 2.23. The zero-order chi connectivity index (χ0) is 14.3. The predicted octanol–water partition coefficient (Wildman–Crippen LogP) is 2.67. The molecule has 1 fully saturated rings. The number of rotatable bonds is 6. The fourth-order valence-electron chi connectivity index (χ4n) is 2.45. The third-order valence-electron chi connectivity index (χ3n) is 3.77. The van der Waals surface area contributed by atoms with Crippen molar-refractivity contribution in [2.75, 3.05) is 20.6 Å². The van der Waals surface area contributed by atoms with Gasteiger partial charge in [0.25, 0.3) is 0 Å². The zero-order valence-corrected chi connectivity index (χ0v) is 12.4. The number of nitrogens with zero attached hydrogens (tertiary/aromatic N) is 1. The maximum absolute atomic E-state index is 11.4. The zero-order valence-electron chi connectivity index (χ0n) is 12.4. The Morgan fingerprint density at radius 2 is 2.00 bits per heavy atom. The average Bonchev–Trinajstić information content (AvgIpc) is 2.95. The van der Waals surface area contributed by atoms with Crippen molar-refractivity contribution >= 4 is 5.91 Å². The van der Waals surface area contributed by atoms with E-state index in [-0.39, 0.29) is 5.91 Å². The van der Waals surface area contributed by atoms with Gasteiger partial charge in [0.1, 0.15) is 0 Å². The Morgan fingerprint density at radius 3 is 2.53 bits per heavy atom. The molecular formula is C16H26N2O. The topological polar surface area (TPSA) is 32.3 Å². The molecule has 0 saturated heterocycles. The maximum Gasteiger partial charge on any atom is 0.250 e. The van der Waals surface area contributed by atoms with E-state index in [1.54, 1.807) is 13.1 Å². The molecule has 1 saturated carbocycles. The monoisotopic (exact) mass is 262 g/mol. The van der Waals surface area contributed by atoms with E-state index >= 15 is 0 Å². The van der Waals surface area contributed by atoms with Gasteiger partial charge in [0, 0.05) is 25.2 Å². The minimum atomic E-state index is -0.129. The average molecular weight is 262 g/mol. The first kappa shape index (κ1) is 15.7. The number of hydrogen-bond donors (Lipinski definition) is 1. The molecule has 0 radical (unpaired) electrons. The molecule has 1 amide bonds. The molecule has 0 atom stereocenters. The van der Waals surface area contributed by atoms with Gasteiger partial charge < -0.3 is 5.32 Å². The van der Waals surface area contributed by atoms with Gasteiger partial charge >= 0.3 is 0 Å². The smallest absolute Gasteiger partial charge is 0.250 e. The quantitative estimate of drug-likeness (QED) is 0.589. The highest BCUT2D eigenvalue weighted by Gasteiger charge is 2.19. The Bertz CT molecular complexity index is 376. The van der Waals surface area contributed by atoms with Crippen LogP contribution in [0.25, 0.3) is 0 Å². The number of carbonyl (C=O) groups is 1. The molecule has 3 heteroatoms. The van der Waals surface area contributed by atoms with Gasteiger partial charge in [-0.1, -0.05) is 31.6 Å². The van der Waals surface area contributed by atoms with Crippen LogP contribution < -0.4 is 5.32 Å². The highest BCUT2D eigenvalue weighted by atomic mass is 16.1. The lowest BCUT2D eigenvalue weighted by atomic mass is 10.1. The fourth-order valence-corrected chi connectivity index (χ4v) is 2.45. The van der Waals surface area contributed by atoms with Gasteiger partial charge in [-0.2, -0.15) is 0 Å². The third kappa shape index (κ3) is 5.03. The van der Waals surface area contributed by atoms with Gasteiger partial charge in [0.2, 0.25) is 5.91 Å². The number of carbonyl (C=O) groups excluding carboxylic acids is 1. The first-order valence-electron chi connectivity index (χ1n) is 7.03. The molecular weight excluding hydrogens is 236 g/mol. The molecule has 0 heterocycles. The van der Waals surface area contributed by atoms with E-state index in [9.17, 15) is 4.79 Å². The summed E-state index contributed by atoms with van der Waals surface area (Å²) >= 11 is 0. The third-order valence-corrected chi connectivity index (χ3v) is 3.77. The van der Waals surface area contributed by atoms with Gasteiger partial charge in [0.15, 0.2) is 0 Å².